The summed E-state index contributed by atoms with van der Waals surface area (Å²) in [6.45, 7) is -0.0969. The minimum Gasteiger partial charge on any atom is -0.367 e. The third-order valence-corrected chi connectivity index (χ3v) is 7.11. The van der Waals surface area contributed by atoms with Crippen LogP contribution in [0.1, 0.15) is 40.7 Å². The van der Waals surface area contributed by atoms with Crippen molar-refractivity contribution < 1.29 is 32.3 Å². The third kappa shape index (κ3) is 5.32. The molecule has 0 bridgehead atoms. The standard InChI is InChI=1S/C24H21Cl2F3N2O4/c25-16-8-3-13(10-17(16)26)11-18(22(34)31-23-9-1-2-20(23)35-12-19(23)32)30-21(33)14-4-6-15(7-5-14)24(27,28)29/h3-8,10,18,20H,1-2,9,11-12H2,(H,30,33)(H,31,34). The van der Waals surface area contributed by atoms with Crippen molar-refractivity contribution >= 4 is 40.8 Å². The molecular weight excluding hydrogens is 508 g/mol. The van der Waals surface area contributed by atoms with Crippen LogP contribution in [0.25, 0.3) is 0 Å². The molecule has 35 heavy (non-hydrogen) atoms. The van der Waals surface area contributed by atoms with Crippen molar-refractivity contribution in [2.24, 2.45) is 0 Å². The Balaban J connectivity index is 1.57. The van der Waals surface area contributed by atoms with Gasteiger partial charge < -0.3 is 15.4 Å². The Morgan fingerprint density at radius 1 is 1.11 bits per heavy atom. The summed E-state index contributed by atoms with van der Waals surface area (Å²) in [7, 11) is 0. The largest absolute Gasteiger partial charge is 0.416 e. The fourth-order valence-electron chi connectivity index (χ4n) is 4.51. The maximum atomic E-state index is 13.3. The first kappa shape index (κ1) is 25.5. The summed E-state index contributed by atoms with van der Waals surface area (Å²) in [6.07, 6.45) is -3.22. The van der Waals surface area contributed by atoms with Gasteiger partial charge in [-0.1, -0.05) is 29.3 Å². The molecule has 0 spiro atoms. The van der Waals surface area contributed by atoms with Crippen LogP contribution in [-0.2, 0) is 26.9 Å². The molecule has 1 heterocycles. The molecule has 3 atom stereocenters. The first-order valence-corrected chi connectivity index (χ1v) is 11.6. The van der Waals surface area contributed by atoms with Crippen molar-refractivity contribution in [3.05, 3.63) is 69.2 Å². The monoisotopic (exact) mass is 528 g/mol. The molecule has 3 unspecified atom stereocenters. The van der Waals surface area contributed by atoms with E-state index in [4.69, 9.17) is 27.9 Å². The minimum atomic E-state index is -4.54. The summed E-state index contributed by atoms with van der Waals surface area (Å²) in [4.78, 5) is 38.8. The van der Waals surface area contributed by atoms with Crippen LogP contribution in [0, 0.1) is 0 Å². The molecule has 6 nitrogen and oxygen atoms in total. The van der Waals surface area contributed by atoms with Gasteiger partial charge in [0.05, 0.1) is 21.7 Å². The molecule has 1 aliphatic heterocycles. The Labute approximate surface area is 209 Å². The quantitative estimate of drug-likeness (QED) is 0.583. The average molecular weight is 529 g/mol. The van der Waals surface area contributed by atoms with Gasteiger partial charge in [0.25, 0.3) is 5.91 Å². The SMILES string of the molecule is O=C(NC(Cc1ccc(Cl)c(Cl)c1)C(=O)NC12CCCC1OCC2=O)c1ccc(C(F)(F)F)cc1. The number of rotatable bonds is 6. The fraction of sp³-hybridized carbons (Fsp3) is 0.375. The number of halogens is 5. The summed E-state index contributed by atoms with van der Waals surface area (Å²) in [5.41, 5.74) is -1.51. The van der Waals surface area contributed by atoms with E-state index >= 15 is 0 Å². The second-order valence-electron chi connectivity index (χ2n) is 8.63. The zero-order valence-electron chi connectivity index (χ0n) is 18.3. The van der Waals surface area contributed by atoms with Crippen LogP contribution >= 0.6 is 23.2 Å². The molecule has 1 aliphatic carbocycles. The van der Waals surface area contributed by atoms with Crippen molar-refractivity contribution in [2.45, 2.75) is 49.5 Å². The lowest BCUT2D eigenvalue weighted by Crippen LogP contribution is -2.60. The van der Waals surface area contributed by atoms with E-state index in [1.165, 1.54) is 0 Å². The van der Waals surface area contributed by atoms with Gasteiger partial charge in [0.2, 0.25) is 5.91 Å². The van der Waals surface area contributed by atoms with Gasteiger partial charge in [0, 0.05) is 12.0 Å². The Morgan fingerprint density at radius 2 is 1.83 bits per heavy atom. The van der Waals surface area contributed by atoms with E-state index in [1.807, 2.05) is 0 Å². The number of hydrogen-bond donors (Lipinski definition) is 2. The smallest absolute Gasteiger partial charge is 0.367 e. The van der Waals surface area contributed by atoms with E-state index in [0.29, 0.717) is 29.8 Å². The van der Waals surface area contributed by atoms with Crippen LogP contribution in [0.2, 0.25) is 10.0 Å². The number of ketones is 1. The zero-order valence-corrected chi connectivity index (χ0v) is 19.8. The maximum absolute atomic E-state index is 13.3. The van der Waals surface area contributed by atoms with Gasteiger partial charge in [-0.25, -0.2) is 0 Å². The first-order valence-electron chi connectivity index (χ1n) is 10.9. The molecule has 0 radical (unpaired) electrons. The lowest BCUT2D eigenvalue weighted by molar-refractivity contribution is -0.137. The highest BCUT2D eigenvalue weighted by Gasteiger charge is 2.55. The number of carbonyl (C=O) groups is 3. The Bertz CT molecular complexity index is 1160. The van der Waals surface area contributed by atoms with Gasteiger partial charge in [0.1, 0.15) is 18.2 Å². The molecular formula is C24H21Cl2F3N2O4. The van der Waals surface area contributed by atoms with Crippen LogP contribution in [0.3, 0.4) is 0 Å². The number of Topliss-reactive ketones (excluding diaryl/α,β-unsaturated/α-hetero) is 1. The average Bonchev–Trinajstić information content (AvgIpc) is 3.34. The van der Waals surface area contributed by atoms with Crippen LogP contribution in [-0.4, -0.2) is 41.9 Å². The minimum absolute atomic E-state index is 0.00485. The van der Waals surface area contributed by atoms with E-state index in [-0.39, 0.29) is 29.4 Å². The Hall–Kier alpha value is -2.62. The number of ether oxygens (including phenoxy) is 1. The highest BCUT2D eigenvalue weighted by molar-refractivity contribution is 6.42. The van der Waals surface area contributed by atoms with Gasteiger partial charge >= 0.3 is 6.18 Å². The van der Waals surface area contributed by atoms with Gasteiger partial charge in [-0.3, -0.25) is 14.4 Å². The molecule has 4 rings (SSSR count). The number of amides is 2. The number of hydrogen-bond acceptors (Lipinski definition) is 4. The summed E-state index contributed by atoms with van der Waals surface area (Å²) >= 11 is 12.1. The van der Waals surface area contributed by atoms with E-state index in [0.717, 1.165) is 24.3 Å². The molecule has 2 aromatic rings. The van der Waals surface area contributed by atoms with Gasteiger partial charge in [0.15, 0.2) is 5.78 Å². The molecule has 0 aromatic heterocycles. The van der Waals surface area contributed by atoms with Crippen molar-refractivity contribution in [1.82, 2.24) is 10.6 Å². The van der Waals surface area contributed by atoms with Gasteiger partial charge in [-0.05, 0) is 61.2 Å². The van der Waals surface area contributed by atoms with Crippen LogP contribution in [0.15, 0.2) is 42.5 Å². The normalized spacial score (nSPS) is 22.5. The highest BCUT2D eigenvalue weighted by atomic mass is 35.5. The number of carbonyl (C=O) groups excluding carboxylic acids is 3. The highest BCUT2D eigenvalue weighted by Crippen LogP contribution is 2.38. The van der Waals surface area contributed by atoms with Crippen LogP contribution in [0.4, 0.5) is 13.2 Å². The molecule has 2 N–H and O–H groups in total. The Kier molecular flexibility index (Phi) is 7.13. The van der Waals surface area contributed by atoms with Gasteiger partial charge in [-0.2, -0.15) is 13.2 Å². The summed E-state index contributed by atoms with van der Waals surface area (Å²) in [5.74, 6) is -1.58. The van der Waals surface area contributed by atoms with Crippen molar-refractivity contribution in [3.8, 4) is 0 Å². The van der Waals surface area contributed by atoms with Crippen LogP contribution < -0.4 is 10.6 Å². The fourth-order valence-corrected chi connectivity index (χ4v) is 4.83. The molecule has 2 aliphatic rings. The molecule has 1 saturated heterocycles. The molecule has 2 amide bonds. The predicted octanol–water partition coefficient (Wildman–Crippen LogP) is 4.36. The van der Waals surface area contributed by atoms with Crippen molar-refractivity contribution in [2.75, 3.05) is 6.61 Å². The van der Waals surface area contributed by atoms with Crippen molar-refractivity contribution in [1.29, 1.82) is 0 Å². The number of alkyl halides is 3. The maximum Gasteiger partial charge on any atom is 0.416 e. The van der Waals surface area contributed by atoms with E-state index in [2.05, 4.69) is 10.6 Å². The third-order valence-electron chi connectivity index (χ3n) is 6.37. The number of fused-ring (bicyclic) bond motifs is 1. The van der Waals surface area contributed by atoms with E-state index in [9.17, 15) is 27.6 Å². The predicted molar refractivity (Wildman–Crippen MR) is 122 cm³/mol. The molecule has 2 aromatic carbocycles. The lowest BCUT2D eigenvalue weighted by atomic mass is 9.91. The zero-order chi connectivity index (χ0) is 25.4. The Morgan fingerprint density at radius 3 is 2.49 bits per heavy atom. The molecule has 2 fully saturated rings. The number of benzene rings is 2. The lowest BCUT2D eigenvalue weighted by Gasteiger charge is -2.30. The molecule has 186 valence electrons. The topological polar surface area (TPSA) is 84.5 Å². The summed E-state index contributed by atoms with van der Waals surface area (Å²) in [6, 6.07) is 7.24. The second kappa shape index (κ2) is 9.79. The number of nitrogens with one attached hydrogen (secondary N) is 2. The van der Waals surface area contributed by atoms with E-state index < -0.39 is 41.2 Å². The molecule has 1 saturated carbocycles. The van der Waals surface area contributed by atoms with Crippen molar-refractivity contribution in [3.63, 3.8) is 0 Å². The summed E-state index contributed by atoms with van der Waals surface area (Å²) < 4.78 is 44.1. The van der Waals surface area contributed by atoms with Gasteiger partial charge in [-0.15, -0.1) is 0 Å². The second-order valence-corrected chi connectivity index (χ2v) is 9.44. The van der Waals surface area contributed by atoms with Crippen LogP contribution in [0.5, 0.6) is 0 Å². The van der Waals surface area contributed by atoms with E-state index in [1.54, 1.807) is 18.2 Å². The first-order chi connectivity index (χ1) is 16.5. The summed E-state index contributed by atoms with van der Waals surface area (Å²) in [5, 5.41) is 5.95. The molecule has 11 heteroatoms.